The highest BCUT2D eigenvalue weighted by atomic mass is 16.6. The van der Waals surface area contributed by atoms with Crippen molar-refractivity contribution in [1.29, 1.82) is 0 Å². The van der Waals surface area contributed by atoms with Gasteiger partial charge in [0.05, 0.1) is 0 Å². The lowest BCUT2D eigenvalue weighted by Crippen LogP contribution is -2.28. The van der Waals surface area contributed by atoms with Crippen molar-refractivity contribution in [2.45, 2.75) is 13.0 Å². The van der Waals surface area contributed by atoms with E-state index in [-0.39, 0.29) is 5.91 Å². The molecule has 0 radical (unpaired) electrons. The van der Waals surface area contributed by atoms with Crippen LogP contribution in [0.1, 0.15) is 17.2 Å². The van der Waals surface area contributed by atoms with E-state index in [0.717, 1.165) is 11.1 Å². The van der Waals surface area contributed by atoms with Gasteiger partial charge in [-0.1, -0.05) is 24.3 Å². The second-order valence-corrected chi connectivity index (χ2v) is 4.14. The average molecular weight is 244 g/mol. The van der Waals surface area contributed by atoms with Crippen LogP contribution in [0.15, 0.2) is 48.2 Å². The van der Waals surface area contributed by atoms with Gasteiger partial charge in [-0.2, -0.15) is 0 Å². The largest absolute Gasteiger partial charge is 0.481 e. The zero-order valence-corrected chi connectivity index (χ0v) is 9.77. The highest BCUT2D eigenvalue weighted by Crippen LogP contribution is 2.26. The lowest BCUT2D eigenvalue weighted by Gasteiger charge is -2.16. The Balaban J connectivity index is 1.95. The van der Waals surface area contributed by atoms with E-state index in [1.165, 1.54) is 12.5 Å². The summed E-state index contributed by atoms with van der Waals surface area (Å²) in [5, 5.41) is 2.76. The Morgan fingerprint density at radius 2 is 2.00 bits per heavy atom. The molecule has 0 fully saturated rings. The van der Waals surface area contributed by atoms with Gasteiger partial charge in [-0.25, -0.2) is 5.48 Å². The molecule has 2 aliphatic heterocycles. The zero-order valence-electron chi connectivity index (χ0n) is 9.77. The quantitative estimate of drug-likeness (QED) is 0.784. The molecule has 1 aromatic carbocycles. The van der Waals surface area contributed by atoms with Crippen LogP contribution in [-0.2, 0) is 14.4 Å². The maximum atomic E-state index is 12.1. The molecule has 0 saturated carbocycles. The van der Waals surface area contributed by atoms with Crippen LogP contribution in [0.2, 0.25) is 0 Å². The van der Waals surface area contributed by atoms with Crippen molar-refractivity contribution < 1.29 is 14.4 Å². The third-order valence-electron chi connectivity index (χ3n) is 2.92. The van der Waals surface area contributed by atoms with Gasteiger partial charge < -0.3 is 14.9 Å². The molecular formula is C13H12N2O3. The van der Waals surface area contributed by atoms with Crippen molar-refractivity contribution in [2.75, 3.05) is 0 Å². The number of carbonyl (C=O) groups excluding carboxylic acids is 1. The summed E-state index contributed by atoms with van der Waals surface area (Å²) in [5.41, 5.74) is 5.69. The van der Waals surface area contributed by atoms with Crippen molar-refractivity contribution >= 4 is 5.91 Å². The normalized spacial score (nSPS) is 21.4. The second kappa shape index (κ2) is 4.10. The van der Waals surface area contributed by atoms with Gasteiger partial charge in [-0.15, -0.1) is 0 Å². The van der Waals surface area contributed by atoms with Crippen molar-refractivity contribution in [3.8, 4) is 0 Å². The number of rotatable bonds is 1. The maximum absolute atomic E-state index is 12.1. The molecule has 0 aliphatic carbocycles. The van der Waals surface area contributed by atoms with Crippen molar-refractivity contribution in [1.82, 2.24) is 10.8 Å². The molecule has 2 heterocycles. The van der Waals surface area contributed by atoms with Gasteiger partial charge in [0.1, 0.15) is 23.9 Å². The fraction of sp³-hybridized carbons (Fsp3) is 0.154. The first-order valence-electron chi connectivity index (χ1n) is 5.60. The van der Waals surface area contributed by atoms with Crippen molar-refractivity contribution in [2.24, 2.45) is 0 Å². The summed E-state index contributed by atoms with van der Waals surface area (Å²) in [6, 6.07) is 7.65. The average Bonchev–Trinajstić information content (AvgIpc) is 2.73. The molecular weight excluding hydrogens is 232 g/mol. The van der Waals surface area contributed by atoms with Crippen LogP contribution in [0.3, 0.4) is 0 Å². The first-order valence-corrected chi connectivity index (χ1v) is 5.60. The van der Waals surface area contributed by atoms with Crippen LogP contribution in [0.5, 0.6) is 0 Å². The lowest BCUT2D eigenvalue weighted by atomic mass is 10.0. The molecule has 0 spiro atoms. The number of hydroxylamine groups is 1. The van der Waals surface area contributed by atoms with Crippen LogP contribution in [0.25, 0.3) is 0 Å². The lowest BCUT2D eigenvalue weighted by molar-refractivity contribution is -0.128. The van der Waals surface area contributed by atoms with Crippen LogP contribution in [-0.4, -0.2) is 5.91 Å². The van der Waals surface area contributed by atoms with E-state index in [4.69, 9.17) is 9.57 Å². The predicted octanol–water partition coefficient (Wildman–Crippen LogP) is 1.40. The van der Waals surface area contributed by atoms with Crippen LogP contribution in [0, 0.1) is 6.92 Å². The predicted molar refractivity (Wildman–Crippen MR) is 63.5 cm³/mol. The summed E-state index contributed by atoms with van der Waals surface area (Å²) < 4.78 is 5.54. The minimum atomic E-state index is -0.646. The van der Waals surface area contributed by atoms with Gasteiger partial charge in [0, 0.05) is 5.56 Å². The highest BCUT2D eigenvalue weighted by Gasteiger charge is 2.29. The molecule has 18 heavy (non-hydrogen) atoms. The minimum absolute atomic E-state index is 0.214. The van der Waals surface area contributed by atoms with Gasteiger partial charge in [0.2, 0.25) is 6.10 Å². The van der Waals surface area contributed by atoms with Gasteiger partial charge in [-0.05, 0) is 12.5 Å². The summed E-state index contributed by atoms with van der Waals surface area (Å²) >= 11 is 0. The molecule has 1 aromatic rings. The summed E-state index contributed by atoms with van der Waals surface area (Å²) in [7, 11) is 0. The third-order valence-corrected chi connectivity index (χ3v) is 2.92. The Morgan fingerprint density at radius 1 is 1.17 bits per heavy atom. The molecule has 1 unspecified atom stereocenters. The molecule has 0 aromatic heterocycles. The molecule has 1 amide bonds. The first kappa shape index (κ1) is 10.7. The number of aryl methyl sites for hydroxylation is 1. The van der Waals surface area contributed by atoms with E-state index in [1.54, 1.807) is 0 Å². The highest BCUT2D eigenvalue weighted by molar-refractivity contribution is 5.85. The number of fused-ring (bicyclic) bond motifs is 1. The van der Waals surface area contributed by atoms with E-state index >= 15 is 0 Å². The van der Waals surface area contributed by atoms with E-state index in [1.807, 2.05) is 31.2 Å². The molecule has 5 nitrogen and oxygen atoms in total. The topological polar surface area (TPSA) is 59.6 Å². The molecule has 92 valence electrons. The standard InChI is InChI=1S/C13H12N2O3/c1-8-4-2-3-5-9(8)12-13(16)14-10-7-18-15-11(10)6-17-12/h2-7,12,15H,1H3,(H,14,16). The number of ether oxygens (including phenoxy) is 1. The number of hydrogen-bond acceptors (Lipinski definition) is 4. The van der Waals surface area contributed by atoms with Gasteiger partial charge in [0.15, 0.2) is 0 Å². The summed E-state index contributed by atoms with van der Waals surface area (Å²) in [5.74, 6) is -0.214. The monoisotopic (exact) mass is 244 g/mol. The van der Waals surface area contributed by atoms with Crippen molar-refractivity contribution in [3.63, 3.8) is 0 Å². The molecule has 5 heteroatoms. The Labute approximate surface area is 104 Å². The SMILES string of the molecule is Cc1ccccc1C1OC=C2NOC=C2NC1=O. The molecule has 1 atom stereocenters. The fourth-order valence-electron chi connectivity index (χ4n) is 1.95. The molecule has 0 saturated heterocycles. The number of carbonyl (C=O) groups is 1. The first-order chi connectivity index (χ1) is 8.75. The Kier molecular flexibility index (Phi) is 2.44. The molecule has 0 bridgehead atoms. The summed E-state index contributed by atoms with van der Waals surface area (Å²) in [4.78, 5) is 17.0. The number of nitrogens with one attached hydrogen (secondary N) is 2. The second-order valence-electron chi connectivity index (χ2n) is 4.14. The van der Waals surface area contributed by atoms with Crippen molar-refractivity contribution in [3.05, 3.63) is 59.3 Å². The minimum Gasteiger partial charge on any atom is -0.481 e. The van der Waals surface area contributed by atoms with Gasteiger partial charge >= 0.3 is 0 Å². The number of hydrogen-bond donors (Lipinski definition) is 2. The van der Waals surface area contributed by atoms with Crippen LogP contribution in [0.4, 0.5) is 0 Å². The smallest absolute Gasteiger partial charge is 0.270 e. The molecule has 2 aliphatic rings. The van der Waals surface area contributed by atoms with Crippen LogP contribution < -0.4 is 10.8 Å². The van der Waals surface area contributed by atoms with E-state index in [9.17, 15) is 4.79 Å². The van der Waals surface area contributed by atoms with Gasteiger partial charge in [-0.3, -0.25) is 4.79 Å². The Morgan fingerprint density at radius 3 is 2.83 bits per heavy atom. The number of benzene rings is 1. The van der Waals surface area contributed by atoms with Crippen LogP contribution >= 0.6 is 0 Å². The third kappa shape index (κ3) is 1.69. The zero-order chi connectivity index (χ0) is 12.5. The Bertz CT molecular complexity index is 563. The summed E-state index contributed by atoms with van der Waals surface area (Å²) in [6.45, 7) is 1.95. The summed E-state index contributed by atoms with van der Waals surface area (Å²) in [6.07, 6.45) is 2.29. The fourth-order valence-corrected chi connectivity index (χ4v) is 1.95. The molecule has 2 N–H and O–H groups in total. The number of amides is 1. The van der Waals surface area contributed by atoms with E-state index in [0.29, 0.717) is 11.4 Å². The van der Waals surface area contributed by atoms with E-state index in [2.05, 4.69) is 10.8 Å². The maximum Gasteiger partial charge on any atom is 0.270 e. The van der Waals surface area contributed by atoms with Gasteiger partial charge in [0.25, 0.3) is 5.91 Å². The molecule has 3 rings (SSSR count). The van der Waals surface area contributed by atoms with E-state index < -0.39 is 6.10 Å². The Hall–Kier alpha value is -2.43.